The van der Waals surface area contributed by atoms with Gasteiger partial charge in [0, 0.05) is 26.1 Å². The quantitative estimate of drug-likeness (QED) is 0.412. The van der Waals surface area contributed by atoms with Crippen LogP contribution in [0.25, 0.3) is 0 Å². The predicted octanol–water partition coefficient (Wildman–Crippen LogP) is 0.166. The lowest BCUT2D eigenvalue weighted by molar-refractivity contribution is 0.300. The highest BCUT2D eigenvalue weighted by atomic mass is 15.2. The number of nitriles is 1. The van der Waals surface area contributed by atoms with E-state index in [1.54, 1.807) is 7.05 Å². The molecule has 0 bridgehead atoms. The van der Waals surface area contributed by atoms with E-state index in [0.717, 1.165) is 25.9 Å². The summed E-state index contributed by atoms with van der Waals surface area (Å²) in [6.07, 6.45) is 1.82. The van der Waals surface area contributed by atoms with Gasteiger partial charge in [0.05, 0.1) is 6.07 Å². The molecule has 4 heteroatoms. The number of aliphatic imine (C=N–C) groups is 1. The summed E-state index contributed by atoms with van der Waals surface area (Å²) in [5.41, 5.74) is 5.63. The van der Waals surface area contributed by atoms with Gasteiger partial charge in [0.2, 0.25) is 0 Å². The minimum atomic E-state index is 0.214. The van der Waals surface area contributed by atoms with Gasteiger partial charge in [-0.2, -0.15) is 5.26 Å². The monoisotopic (exact) mass is 166 g/mol. The molecule has 1 aliphatic rings. The van der Waals surface area contributed by atoms with Gasteiger partial charge in [0.1, 0.15) is 0 Å². The molecule has 12 heavy (non-hydrogen) atoms. The van der Waals surface area contributed by atoms with Gasteiger partial charge in [-0.3, -0.25) is 4.99 Å². The summed E-state index contributed by atoms with van der Waals surface area (Å²) in [6, 6.07) is 2.27. The minimum absolute atomic E-state index is 0.214. The summed E-state index contributed by atoms with van der Waals surface area (Å²) in [5.74, 6) is 0.803. The topological polar surface area (TPSA) is 65.4 Å². The highest BCUT2D eigenvalue weighted by Crippen LogP contribution is 2.15. The molecule has 1 fully saturated rings. The molecule has 2 N–H and O–H groups in total. The molecule has 1 saturated heterocycles. The lowest BCUT2D eigenvalue weighted by atomic mass is 9.99. The van der Waals surface area contributed by atoms with Crippen LogP contribution in [0.15, 0.2) is 4.99 Å². The normalized spacial score (nSPS) is 20.7. The molecule has 0 aromatic heterocycles. The maximum Gasteiger partial charge on any atom is 0.190 e. The molecule has 0 amide bonds. The molecule has 0 aromatic carbocycles. The molecular weight excluding hydrogens is 152 g/mol. The molecule has 0 aliphatic carbocycles. The summed E-state index contributed by atoms with van der Waals surface area (Å²) in [4.78, 5) is 5.92. The Labute approximate surface area is 72.7 Å². The maximum absolute atomic E-state index is 8.64. The van der Waals surface area contributed by atoms with Crippen molar-refractivity contribution in [3.05, 3.63) is 0 Å². The lowest BCUT2D eigenvalue weighted by Gasteiger charge is -2.29. The zero-order valence-electron chi connectivity index (χ0n) is 7.32. The van der Waals surface area contributed by atoms with Crippen molar-refractivity contribution in [2.45, 2.75) is 12.8 Å². The van der Waals surface area contributed by atoms with E-state index in [4.69, 9.17) is 11.0 Å². The Kier molecular flexibility index (Phi) is 2.92. The van der Waals surface area contributed by atoms with E-state index in [1.807, 2.05) is 4.90 Å². The zero-order chi connectivity index (χ0) is 8.97. The fraction of sp³-hybridized carbons (Fsp3) is 0.750. The van der Waals surface area contributed by atoms with Gasteiger partial charge >= 0.3 is 0 Å². The van der Waals surface area contributed by atoms with Crippen molar-refractivity contribution in [3.8, 4) is 6.07 Å². The van der Waals surface area contributed by atoms with E-state index in [1.165, 1.54) is 0 Å². The summed E-state index contributed by atoms with van der Waals surface area (Å²) >= 11 is 0. The molecule has 4 nitrogen and oxygen atoms in total. The Hall–Kier alpha value is -1.24. The molecule has 0 atom stereocenters. The highest BCUT2D eigenvalue weighted by molar-refractivity contribution is 5.77. The smallest absolute Gasteiger partial charge is 0.190 e. The largest absolute Gasteiger partial charge is 0.370 e. The third-order valence-corrected chi connectivity index (χ3v) is 2.23. The second-order valence-electron chi connectivity index (χ2n) is 2.97. The third kappa shape index (κ3) is 1.88. The lowest BCUT2D eigenvalue weighted by Crippen LogP contribution is -2.42. The Morgan fingerprint density at radius 2 is 2.17 bits per heavy atom. The fourth-order valence-corrected chi connectivity index (χ4v) is 1.38. The predicted molar refractivity (Wildman–Crippen MR) is 47.5 cm³/mol. The van der Waals surface area contributed by atoms with Crippen LogP contribution in [0.1, 0.15) is 12.8 Å². The van der Waals surface area contributed by atoms with Crippen LogP contribution in [-0.4, -0.2) is 31.0 Å². The van der Waals surface area contributed by atoms with Crippen molar-refractivity contribution in [1.82, 2.24) is 4.90 Å². The van der Waals surface area contributed by atoms with E-state index >= 15 is 0 Å². The number of hydrogen-bond acceptors (Lipinski definition) is 2. The molecular formula is C8H14N4. The van der Waals surface area contributed by atoms with Gasteiger partial charge in [0.15, 0.2) is 5.96 Å². The van der Waals surface area contributed by atoms with Gasteiger partial charge < -0.3 is 10.6 Å². The highest BCUT2D eigenvalue weighted by Gasteiger charge is 2.19. The van der Waals surface area contributed by atoms with Gasteiger partial charge in [-0.1, -0.05) is 0 Å². The average Bonchev–Trinajstić information content (AvgIpc) is 2.17. The summed E-state index contributed by atoms with van der Waals surface area (Å²) in [7, 11) is 1.69. The van der Waals surface area contributed by atoms with Crippen LogP contribution in [0.2, 0.25) is 0 Å². The van der Waals surface area contributed by atoms with E-state index in [2.05, 4.69) is 11.1 Å². The first-order chi connectivity index (χ1) is 5.77. The Balaban J connectivity index is 2.42. The molecule has 0 radical (unpaired) electrons. The van der Waals surface area contributed by atoms with E-state index < -0.39 is 0 Å². The van der Waals surface area contributed by atoms with Crippen LogP contribution in [0.4, 0.5) is 0 Å². The van der Waals surface area contributed by atoms with E-state index in [9.17, 15) is 0 Å². The van der Waals surface area contributed by atoms with Crippen LogP contribution in [-0.2, 0) is 0 Å². The van der Waals surface area contributed by atoms with Crippen LogP contribution >= 0.6 is 0 Å². The summed E-state index contributed by atoms with van der Waals surface area (Å²) in [6.45, 7) is 1.72. The molecule has 0 unspecified atom stereocenters. The van der Waals surface area contributed by atoms with Crippen LogP contribution in [0.5, 0.6) is 0 Å². The number of hydrogen-bond donors (Lipinski definition) is 1. The van der Waals surface area contributed by atoms with Crippen molar-refractivity contribution in [3.63, 3.8) is 0 Å². The summed E-state index contributed by atoms with van der Waals surface area (Å²) in [5, 5.41) is 8.64. The first kappa shape index (κ1) is 8.85. The average molecular weight is 166 g/mol. The van der Waals surface area contributed by atoms with Gasteiger partial charge in [-0.15, -0.1) is 0 Å². The van der Waals surface area contributed by atoms with Crippen molar-refractivity contribution in [1.29, 1.82) is 5.26 Å². The minimum Gasteiger partial charge on any atom is -0.370 e. The van der Waals surface area contributed by atoms with E-state index in [0.29, 0.717) is 5.96 Å². The first-order valence-corrected chi connectivity index (χ1v) is 4.14. The number of likely N-dealkylation sites (tertiary alicyclic amines) is 1. The first-order valence-electron chi connectivity index (χ1n) is 4.14. The molecule has 1 rings (SSSR count). The maximum atomic E-state index is 8.64. The summed E-state index contributed by atoms with van der Waals surface area (Å²) < 4.78 is 0. The molecule has 1 heterocycles. The van der Waals surface area contributed by atoms with Crippen molar-refractivity contribution in [2.24, 2.45) is 16.6 Å². The van der Waals surface area contributed by atoms with Gasteiger partial charge in [-0.05, 0) is 12.8 Å². The number of nitrogens with zero attached hydrogens (tertiary/aromatic N) is 3. The van der Waals surface area contributed by atoms with Crippen molar-refractivity contribution in [2.75, 3.05) is 20.1 Å². The second kappa shape index (κ2) is 3.96. The Morgan fingerprint density at radius 3 is 2.58 bits per heavy atom. The number of guanidine groups is 1. The van der Waals surface area contributed by atoms with Crippen LogP contribution in [0.3, 0.4) is 0 Å². The van der Waals surface area contributed by atoms with Crippen LogP contribution in [0, 0.1) is 17.2 Å². The molecule has 1 aliphatic heterocycles. The fourth-order valence-electron chi connectivity index (χ4n) is 1.38. The molecule has 0 spiro atoms. The Morgan fingerprint density at radius 1 is 1.58 bits per heavy atom. The number of rotatable bonds is 0. The number of nitrogens with two attached hydrogens (primary N) is 1. The van der Waals surface area contributed by atoms with Gasteiger partial charge in [0.25, 0.3) is 0 Å². The van der Waals surface area contributed by atoms with Crippen molar-refractivity contribution < 1.29 is 0 Å². The van der Waals surface area contributed by atoms with E-state index in [-0.39, 0.29) is 5.92 Å². The SMILES string of the molecule is CN=C(N)N1CCC(C#N)CC1. The molecule has 66 valence electrons. The second-order valence-corrected chi connectivity index (χ2v) is 2.97. The third-order valence-electron chi connectivity index (χ3n) is 2.23. The molecule has 0 saturated carbocycles. The zero-order valence-corrected chi connectivity index (χ0v) is 7.32. The van der Waals surface area contributed by atoms with Crippen molar-refractivity contribution >= 4 is 5.96 Å². The van der Waals surface area contributed by atoms with Crippen LogP contribution < -0.4 is 5.73 Å². The standard InChI is InChI=1S/C8H14N4/c1-11-8(10)12-4-2-7(6-9)3-5-12/h7H,2-5H2,1H3,(H2,10,11). The molecule has 0 aromatic rings. The van der Waals surface area contributed by atoms with Gasteiger partial charge in [-0.25, -0.2) is 0 Å². The number of piperidine rings is 1. The Bertz CT molecular complexity index is 208.